The molecule has 0 saturated heterocycles. The summed E-state index contributed by atoms with van der Waals surface area (Å²) in [6.45, 7) is 7.27. The van der Waals surface area contributed by atoms with Gasteiger partial charge in [0.05, 0.1) is 22.8 Å². The van der Waals surface area contributed by atoms with Gasteiger partial charge in [-0.1, -0.05) is 40.5 Å². The fourth-order valence-electron chi connectivity index (χ4n) is 6.24. The second kappa shape index (κ2) is 15.0. The molecule has 49 heavy (non-hydrogen) atoms. The van der Waals surface area contributed by atoms with Crippen molar-refractivity contribution >= 4 is 68.2 Å². The molecule has 5 heterocycles. The minimum absolute atomic E-state index is 0. The molecular weight excluding hydrogens is 672 g/mol. The van der Waals surface area contributed by atoms with Crippen molar-refractivity contribution in [2.75, 3.05) is 0 Å². The molecule has 0 aromatic carbocycles. The Hall–Kier alpha value is -5.00. The first kappa shape index (κ1) is 36.8. The first-order valence-corrected chi connectivity index (χ1v) is 15.6. The van der Waals surface area contributed by atoms with Gasteiger partial charge in [-0.05, 0) is 107 Å². The summed E-state index contributed by atoms with van der Waals surface area (Å²) in [6.07, 6.45) is -0.475. The molecule has 3 aromatic rings. The van der Waals surface area contributed by atoms with Crippen LogP contribution >= 0.6 is 0 Å². The Bertz CT molecular complexity index is 1980. The van der Waals surface area contributed by atoms with Gasteiger partial charge in [0, 0.05) is 23.9 Å². The molecule has 0 spiro atoms. The second-order valence-corrected chi connectivity index (χ2v) is 12.0. The summed E-state index contributed by atoms with van der Waals surface area (Å²) in [4.78, 5) is 65.2. The molecule has 0 saturated carbocycles. The SMILES string of the molecule is CC1=C(CCC(=O)[O-])c2cc3[n-]c(cc4[n-]c(cc5nc(cc1n2)C(C)=C5CCC(=O)[O-])c(CCC(=O)[O-])c4C)c(C)c3CCC(=O)[O-].[Fe+3].[H+].[H+].[H+].[H+]. The Morgan fingerprint density at radius 2 is 0.878 bits per heavy atom. The molecule has 0 atom stereocenters. The standard InChI is InChI=1S/C36H38N4O8.Fe/c1-17-21(5-9-33(41)42)29-15-30-23(7-11-35(45)46)19(3)27(39-30)14-28-20(4)24(8-12-36(47)48)32(40-28)16-31-22(6-10-34(43)44)18(2)26(38-31)13-25(17)37-29;/h13-16H,5-12H2,1-4H3,(H6,37,38,39,40,41,42,43,44,45,46,47,48);/q;+3/p-2. The number of carboxylic acid groups (broad SMARTS) is 4. The number of aryl methyl sites for hydroxylation is 4. The molecule has 8 bridgehead atoms. The summed E-state index contributed by atoms with van der Waals surface area (Å²) in [5.41, 5.74) is 9.44. The third-order valence-electron chi connectivity index (χ3n) is 8.96. The van der Waals surface area contributed by atoms with Gasteiger partial charge in [0.25, 0.3) is 0 Å². The van der Waals surface area contributed by atoms with Crippen molar-refractivity contribution in [3.05, 3.63) is 69.3 Å². The molecule has 3 aromatic heterocycles. The zero-order valence-electron chi connectivity index (χ0n) is 31.4. The van der Waals surface area contributed by atoms with Gasteiger partial charge in [-0.25, -0.2) is 9.97 Å². The normalized spacial score (nSPS) is 12.7. The van der Waals surface area contributed by atoms with Crippen molar-refractivity contribution in [3.8, 4) is 0 Å². The van der Waals surface area contributed by atoms with Crippen molar-refractivity contribution in [2.24, 2.45) is 0 Å². The molecular formula is C36H36FeN4O8+. The third-order valence-corrected chi connectivity index (χ3v) is 8.96. The summed E-state index contributed by atoms with van der Waals surface area (Å²) in [5, 5.41) is 45.8. The van der Waals surface area contributed by atoms with E-state index in [1.807, 2.05) is 27.7 Å². The molecule has 255 valence electrons. The van der Waals surface area contributed by atoms with Gasteiger partial charge in [0.1, 0.15) is 0 Å². The average Bonchev–Trinajstić information content (AvgIpc) is 3.66. The molecule has 1 radical (unpaired) electrons. The predicted molar refractivity (Wildman–Crippen MR) is 173 cm³/mol. The topological polar surface area (TPSA) is 214 Å². The quantitative estimate of drug-likeness (QED) is 0.240. The molecule has 12 nitrogen and oxygen atoms in total. The van der Waals surface area contributed by atoms with E-state index in [2.05, 4.69) is 0 Å². The summed E-state index contributed by atoms with van der Waals surface area (Å²) in [6, 6.07) is 6.94. The van der Waals surface area contributed by atoms with Crippen LogP contribution in [0, 0.1) is 13.8 Å². The Balaban J connectivity index is 0.00000541. The zero-order chi connectivity index (χ0) is 34.9. The first-order chi connectivity index (χ1) is 22.7. The number of carboxylic acids is 4. The van der Waals surface area contributed by atoms with Gasteiger partial charge in [-0.15, -0.1) is 22.1 Å². The van der Waals surface area contributed by atoms with Crippen LogP contribution < -0.4 is 30.4 Å². The van der Waals surface area contributed by atoms with Gasteiger partial charge in [-0.3, -0.25) is 0 Å². The number of aliphatic carboxylic acids is 4. The fourth-order valence-corrected chi connectivity index (χ4v) is 6.24. The minimum Gasteiger partial charge on any atom is -0.657 e. The molecule has 13 heteroatoms. The van der Waals surface area contributed by atoms with Crippen molar-refractivity contribution in [2.45, 2.75) is 79.1 Å². The van der Waals surface area contributed by atoms with E-state index < -0.39 is 23.9 Å². The molecule has 0 amide bonds. The number of aromatic nitrogens is 4. The number of hydrogen-bond donors (Lipinski definition) is 0. The first-order valence-electron chi connectivity index (χ1n) is 15.6. The zero-order valence-corrected chi connectivity index (χ0v) is 28.5. The maximum atomic E-state index is 11.5. The van der Waals surface area contributed by atoms with Crippen molar-refractivity contribution in [3.63, 3.8) is 0 Å². The number of fused-ring (bicyclic) bond motifs is 8. The number of carbonyl (C=O) groups is 4. The van der Waals surface area contributed by atoms with Crippen molar-refractivity contribution in [1.82, 2.24) is 19.9 Å². The molecule has 0 N–H and O–H groups in total. The Morgan fingerprint density at radius 3 is 1.22 bits per heavy atom. The molecule has 0 unspecified atom stereocenters. The molecule has 0 aliphatic carbocycles. The molecule has 2 aliphatic heterocycles. The third kappa shape index (κ3) is 8.01. The van der Waals surface area contributed by atoms with Crippen LogP contribution in [0.25, 0.3) is 44.4 Å². The smallest absolute Gasteiger partial charge is 0.657 e. The summed E-state index contributed by atoms with van der Waals surface area (Å²) in [5.74, 6) is -4.88. The van der Waals surface area contributed by atoms with E-state index in [1.54, 1.807) is 24.3 Å². The summed E-state index contributed by atoms with van der Waals surface area (Å²) in [7, 11) is 0. The van der Waals surface area contributed by atoms with Crippen LogP contribution in [0.3, 0.4) is 0 Å². The summed E-state index contributed by atoms with van der Waals surface area (Å²) >= 11 is 0. The Morgan fingerprint density at radius 1 is 0.531 bits per heavy atom. The molecule has 2 aliphatic rings. The minimum atomic E-state index is -1.22. The Kier molecular flexibility index (Phi) is 11.3. The average molecular weight is 709 g/mol. The van der Waals surface area contributed by atoms with Crippen LogP contribution in [0.1, 0.15) is 103 Å². The van der Waals surface area contributed by atoms with Crippen molar-refractivity contribution in [1.29, 1.82) is 0 Å². The predicted octanol–water partition coefficient (Wildman–Crippen LogP) is 0.924. The number of rotatable bonds is 12. The van der Waals surface area contributed by atoms with E-state index in [9.17, 15) is 39.6 Å². The maximum Gasteiger partial charge on any atom is 3.00 e. The van der Waals surface area contributed by atoms with E-state index in [-0.39, 0.29) is 74.1 Å². The van der Waals surface area contributed by atoms with Crippen molar-refractivity contribution < 1.29 is 62.4 Å². The van der Waals surface area contributed by atoms with Crippen LogP contribution in [0.15, 0.2) is 24.3 Å². The van der Waals surface area contributed by atoms with E-state index in [4.69, 9.17) is 19.9 Å². The van der Waals surface area contributed by atoms with E-state index in [0.29, 0.717) is 89.4 Å². The van der Waals surface area contributed by atoms with Gasteiger partial charge in [-0.2, -0.15) is 0 Å². The summed E-state index contributed by atoms with van der Waals surface area (Å²) < 4.78 is 0. The van der Waals surface area contributed by atoms with Gasteiger partial charge in [0.15, 0.2) is 0 Å². The van der Waals surface area contributed by atoms with Crippen LogP contribution in [-0.2, 0) is 49.1 Å². The van der Waals surface area contributed by atoms with Crippen LogP contribution in [0.2, 0.25) is 0 Å². The number of nitrogens with zero attached hydrogens (tertiary/aromatic N) is 4. The number of allylic oxidation sites excluding steroid dienone is 4. The molecule has 0 fully saturated rings. The number of hydrogen-bond acceptors (Lipinski definition) is 10. The largest absolute Gasteiger partial charge is 3.00 e. The second-order valence-electron chi connectivity index (χ2n) is 12.0. The number of carbonyl (C=O) groups excluding carboxylic acids is 4. The fraction of sp³-hybridized carbons (Fsp3) is 0.333. The van der Waals surface area contributed by atoms with Gasteiger partial charge in [0.2, 0.25) is 0 Å². The van der Waals surface area contributed by atoms with Gasteiger partial charge >= 0.3 is 22.8 Å². The van der Waals surface area contributed by atoms with Crippen LogP contribution in [-0.4, -0.2) is 33.8 Å². The monoisotopic (exact) mass is 708 g/mol. The van der Waals surface area contributed by atoms with E-state index >= 15 is 0 Å². The Labute approximate surface area is 298 Å². The maximum absolute atomic E-state index is 11.5. The molecule has 5 rings (SSSR count). The van der Waals surface area contributed by atoms with Gasteiger partial charge < -0.3 is 49.6 Å². The van der Waals surface area contributed by atoms with E-state index in [1.165, 1.54) is 0 Å². The van der Waals surface area contributed by atoms with E-state index in [0.717, 1.165) is 0 Å². The van der Waals surface area contributed by atoms with Crippen LogP contribution in [0.5, 0.6) is 0 Å². The van der Waals surface area contributed by atoms with Crippen LogP contribution in [0.4, 0.5) is 0 Å².